The third kappa shape index (κ3) is 13.1. The number of hydrogen-bond donors (Lipinski definition) is 4. The summed E-state index contributed by atoms with van der Waals surface area (Å²) in [6, 6.07) is 20.3. The Kier molecular flexibility index (Phi) is 15.4. The first-order valence-corrected chi connectivity index (χ1v) is 14.2. The second-order valence-electron chi connectivity index (χ2n) is 9.47. The average Bonchev–Trinajstić information content (AvgIpc) is 3.74. The van der Waals surface area contributed by atoms with Gasteiger partial charge < -0.3 is 28.9 Å². The summed E-state index contributed by atoms with van der Waals surface area (Å²) in [5, 5.41) is 51.6. The number of nitro groups is 2. The van der Waals surface area contributed by atoms with Crippen molar-refractivity contribution in [2.24, 2.45) is 21.5 Å². The quantitative estimate of drug-likeness (QED) is 0.0604. The molecule has 18 heteroatoms. The first kappa shape index (κ1) is 38.7. The minimum atomic E-state index is -1.37. The summed E-state index contributed by atoms with van der Waals surface area (Å²) in [5.41, 5.74) is 13.0. The van der Waals surface area contributed by atoms with E-state index in [9.17, 15) is 40.0 Å². The zero-order chi connectivity index (χ0) is 37.1. The molecule has 2 aromatic heterocycles. The van der Waals surface area contributed by atoms with Crippen molar-refractivity contribution in [3.8, 4) is 11.4 Å². The molecule has 8 N–H and O–H groups in total. The summed E-state index contributed by atoms with van der Waals surface area (Å²) in [5.74, 6) is -2.80. The van der Waals surface area contributed by atoms with Crippen molar-refractivity contribution in [1.29, 1.82) is 0 Å². The van der Waals surface area contributed by atoms with Gasteiger partial charge in [0, 0.05) is 47.9 Å². The number of rotatable bonds is 11. The fraction of sp³-hybridized carbons (Fsp3) is 0.0625. The van der Waals surface area contributed by atoms with E-state index in [1.807, 2.05) is 12.1 Å². The van der Waals surface area contributed by atoms with Crippen LogP contribution in [0.1, 0.15) is 24.2 Å². The lowest BCUT2D eigenvalue weighted by atomic mass is 10.2. The lowest BCUT2D eigenvalue weighted by Crippen LogP contribution is -2.44. The van der Waals surface area contributed by atoms with Crippen LogP contribution in [0.5, 0.6) is 0 Å². The number of carboxylic acids is 2. The van der Waals surface area contributed by atoms with Gasteiger partial charge >= 0.3 is 11.9 Å². The largest absolute Gasteiger partial charge is 0.550 e. The number of para-hydroxylation sites is 4. The van der Waals surface area contributed by atoms with Crippen LogP contribution in [0.25, 0.3) is 23.5 Å². The number of benzene rings is 2. The van der Waals surface area contributed by atoms with Gasteiger partial charge in [-0.05, 0) is 73.5 Å². The van der Waals surface area contributed by atoms with E-state index in [1.165, 1.54) is 24.6 Å². The van der Waals surface area contributed by atoms with Crippen molar-refractivity contribution in [2.75, 3.05) is 0 Å². The van der Waals surface area contributed by atoms with E-state index in [2.05, 4.69) is 9.98 Å². The van der Waals surface area contributed by atoms with Gasteiger partial charge in [-0.3, -0.25) is 42.5 Å². The van der Waals surface area contributed by atoms with E-state index in [-0.39, 0.29) is 23.3 Å². The van der Waals surface area contributed by atoms with Gasteiger partial charge in [-0.25, -0.2) is 0 Å². The minimum Gasteiger partial charge on any atom is -0.550 e. The Bertz CT molecular complexity index is 1820. The Morgan fingerprint density at radius 1 is 0.660 bits per heavy atom. The summed E-state index contributed by atoms with van der Waals surface area (Å²) < 4.78 is 3.44. The van der Waals surface area contributed by atoms with Crippen LogP contribution in [-0.2, 0) is 9.59 Å². The van der Waals surface area contributed by atoms with Gasteiger partial charge in [0.25, 0.3) is 11.4 Å². The Morgan fingerprint density at radius 2 is 1.02 bits per heavy atom. The predicted molar refractivity (Wildman–Crippen MR) is 181 cm³/mol. The van der Waals surface area contributed by atoms with Crippen molar-refractivity contribution in [2.45, 2.75) is 12.8 Å². The maximum Gasteiger partial charge on any atom is 0.379 e. The van der Waals surface area contributed by atoms with Crippen LogP contribution in [0.4, 0.5) is 11.4 Å². The third-order valence-electron chi connectivity index (χ3n) is 5.92. The van der Waals surface area contributed by atoms with E-state index >= 15 is 0 Å². The van der Waals surface area contributed by atoms with Crippen molar-refractivity contribution >= 4 is 59.8 Å². The number of allylic oxidation sites excluding steroid dienone is 2. The number of aromatic nitrogens is 2. The van der Waals surface area contributed by atoms with Gasteiger partial charge in [0.1, 0.15) is 23.8 Å². The first-order valence-electron chi connectivity index (χ1n) is 14.2. The molecule has 0 amide bonds. The summed E-state index contributed by atoms with van der Waals surface area (Å²) in [7, 11) is 0. The number of guanidine groups is 2. The lowest BCUT2D eigenvalue weighted by molar-refractivity contribution is -0.384. The number of nitrogens with two attached hydrogens (primary N) is 4. The number of aliphatic carboxylic acids is 2. The number of nitrogens with zero attached hydrogens (tertiary/aromatic N) is 6. The third-order valence-corrected chi connectivity index (χ3v) is 5.92. The molecule has 0 spiro atoms. The van der Waals surface area contributed by atoms with Crippen LogP contribution in [0, 0.1) is 20.2 Å². The van der Waals surface area contributed by atoms with Gasteiger partial charge in [-0.2, -0.15) is 0 Å². The Labute approximate surface area is 284 Å². The van der Waals surface area contributed by atoms with Gasteiger partial charge in [0.15, 0.2) is 0 Å². The molecule has 2 aromatic carbocycles. The molecule has 258 valence electrons. The van der Waals surface area contributed by atoms with Gasteiger partial charge in [-0.15, -0.1) is 0 Å². The monoisotopic (exact) mass is 684 g/mol. The lowest BCUT2D eigenvalue weighted by Gasteiger charge is -2.06. The highest BCUT2D eigenvalue weighted by Crippen LogP contribution is 2.25. The van der Waals surface area contributed by atoms with E-state index < -0.39 is 34.6 Å². The van der Waals surface area contributed by atoms with Crippen LogP contribution in [0.3, 0.4) is 0 Å². The minimum absolute atomic E-state index is 0.0336. The molecule has 0 saturated carbocycles. The second kappa shape index (κ2) is 19.9. The van der Waals surface area contributed by atoms with E-state index in [0.717, 1.165) is 11.4 Å². The van der Waals surface area contributed by atoms with Crippen molar-refractivity contribution in [3.05, 3.63) is 129 Å². The smallest absolute Gasteiger partial charge is 0.379 e. The number of carbonyl (C=O) groups excluding carboxylic acids is 2. The topological polar surface area (TPSA) is 304 Å². The molecule has 4 aromatic rings. The van der Waals surface area contributed by atoms with Crippen LogP contribution in [0.15, 0.2) is 107 Å². The molecule has 0 aliphatic carbocycles. The van der Waals surface area contributed by atoms with Gasteiger partial charge in [-0.1, -0.05) is 34.3 Å². The maximum absolute atomic E-state index is 11.1. The molecule has 0 aliphatic rings. The van der Waals surface area contributed by atoms with E-state index in [0.29, 0.717) is 11.4 Å². The van der Waals surface area contributed by atoms with Gasteiger partial charge in [0.2, 0.25) is 0 Å². The molecule has 0 atom stereocenters. The first-order chi connectivity index (χ1) is 23.8. The summed E-state index contributed by atoms with van der Waals surface area (Å²) in [4.78, 5) is 47.8. The molecule has 0 bridgehead atoms. The molecule has 0 unspecified atom stereocenters. The van der Waals surface area contributed by atoms with Crippen LogP contribution in [0.2, 0.25) is 0 Å². The number of carboxylic acid groups (broad SMARTS) is 2. The SMILES string of the molecule is NC(=[NH2+])N=CC=Cc1cccn1-c1ccccc1[N+](=O)[O-].NC(=[NH2+])N=CC=Cc1cccn1-c1ccccc1[N+](=O)[O-].O=C([O-])CCC(=O)[O-]. The highest BCUT2D eigenvalue weighted by molar-refractivity contribution is 5.89. The van der Waals surface area contributed by atoms with E-state index in [4.69, 9.17) is 22.3 Å². The standard InChI is InChI=1S/2C14H13N5O2.C4H6O4/c2*15-14(16)17-9-3-5-11-6-4-10-18(11)12-7-1-2-8-13(12)19(20)21;5-3(6)1-2-4(7)8/h2*1-10H,(H3,15,16);1-2H2,(H,5,6)(H,7,8). The van der Waals surface area contributed by atoms with Crippen molar-refractivity contribution in [3.63, 3.8) is 0 Å². The predicted octanol–water partition coefficient (Wildman–Crippen LogP) is -1.65. The highest BCUT2D eigenvalue weighted by atomic mass is 16.6. The highest BCUT2D eigenvalue weighted by Gasteiger charge is 2.16. The summed E-state index contributed by atoms with van der Waals surface area (Å²) >= 11 is 0. The molecule has 2 heterocycles. The molecule has 18 nitrogen and oxygen atoms in total. The fourth-order valence-corrected chi connectivity index (χ4v) is 3.89. The Morgan fingerprint density at radius 3 is 1.34 bits per heavy atom. The molecular weight excluding hydrogens is 652 g/mol. The second-order valence-corrected chi connectivity index (χ2v) is 9.47. The summed E-state index contributed by atoms with van der Waals surface area (Å²) in [6.45, 7) is 0. The number of carbonyl (C=O) groups is 2. The van der Waals surface area contributed by atoms with Crippen molar-refractivity contribution in [1.82, 2.24) is 9.13 Å². The van der Waals surface area contributed by atoms with Gasteiger partial charge in [0.05, 0.1) is 9.85 Å². The van der Waals surface area contributed by atoms with E-state index in [1.54, 1.807) is 94.4 Å². The molecule has 0 fully saturated rings. The summed E-state index contributed by atoms with van der Waals surface area (Å²) in [6.07, 6.45) is 12.3. The zero-order valence-electron chi connectivity index (χ0n) is 26.2. The Balaban J connectivity index is 0.000000286. The molecule has 50 heavy (non-hydrogen) atoms. The van der Waals surface area contributed by atoms with Crippen LogP contribution in [-0.4, -0.2) is 55.3 Å². The number of aliphatic imine (C=N–C) groups is 2. The Hall–Kier alpha value is -7.50. The van der Waals surface area contributed by atoms with Crippen LogP contribution >= 0.6 is 0 Å². The molecule has 0 saturated heterocycles. The number of nitro benzene ring substituents is 2. The molecule has 0 radical (unpaired) electrons. The number of hydrogen-bond acceptors (Lipinski definition) is 8. The fourth-order valence-electron chi connectivity index (χ4n) is 3.89. The zero-order valence-corrected chi connectivity index (χ0v) is 26.2. The molecule has 4 rings (SSSR count). The normalized spacial score (nSPS) is 10.8. The van der Waals surface area contributed by atoms with Crippen molar-refractivity contribution < 1.29 is 40.5 Å². The maximum atomic E-state index is 11.1. The average molecular weight is 685 g/mol. The molecule has 0 aliphatic heterocycles. The van der Waals surface area contributed by atoms with Crippen LogP contribution < -0.4 is 32.5 Å². The molecular formula is C32H32N10O8.